The molecule has 0 aliphatic carbocycles. The van der Waals surface area contributed by atoms with Crippen molar-refractivity contribution in [1.82, 2.24) is 23.7 Å². The molecule has 16 nitrogen and oxygen atoms in total. The van der Waals surface area contributed by atoms with Gasteiger partial charge in [-0.1, -0.05) is 20.3 Å². The van der Waals surface area contributed by atoms with Gasteiger partial charge in [0.25, 0.3) is 5.56 Å². The number of H-pyrrole nitrogens is 1. The zero-order valence-corrected chi connectivity index (χ0v) is 28.4. The molecule has 1 aliphatic rings. The average Bonchev–Trinajstić information content (AvgIpc) is 3.39. The summed E-state index contributed by atoms with van der Waals surface area (Å²) in [5.41, 5.74) is 1.97. The molecule has 0 saturated carbocycles. The number of benzene rings is 1. The van der Waals surface area contributed by atoms with Crippen LogP contribution in [-0.4, -0.2) is 106 Å². The van der Waals surface area contributed by atoms with Crippen LogP contribution in [0.5, 0.6) is 5.75 Å². The molecule has 47 heavy (non-hydrogen) atoms. The van der Waals surface area contributed by atoms with Gasteiger partial charge in [-0.05, 0) is 50.6 Å². The number of aromatic nitrogens is 3. The second kappa shape index (κ2) is 15.7. The highest BCUT2D eigenvalue weighted by Gasteiger charge is 2.39. The van der Waals surface area contributed by atoms with Crippen molar-refractivity contribution in [1.29, 1.82) is 0 Å². The minimum absolute atomic E-state index is 0.0195. The first-order valence-corrected chi connectivity index (χ1v) is 17.3. The van der Waals surface area contributed by atoms with Crippen LogP contribution in [0.4, 0.5) is 0 Å². The summed E-state index contributed by atoms with van der Waals surface area (Å²) in [7, 11) is -1.07. The van der Waals surface area contributed by atoms with E-state index in [2.05, 4.69) is 16.7 Å². The molecule has 0 spiro atoms. The highest BCUT2D eigenvalue weighted by Crippen LogP contribution is 2.34. The highest BCUT2D eigenvalue weighted by molar-refractivity contribution is 7.89. The van der Waals surface area contributed by atoms with Crippen molar-refractivity contribution in [3.05, 3.63) is 50.1 Å². The Balaban J connectivity index is 1.76. The van der Waals surface area contributed by atoms with Gasteiger partial charge >= 0.3 is 5.09 Å². The number of sulfonamides is 1. The summed E-state index contributed by atoms with van der Waals surface area (Å²) in [5, 5.41) is 8.24. The van der Waals surface area contributed by atoms with Crippen molar-refractivity contribution in [2.45, 2.75) is 76.4 Å². The average molecular weight is 680 g/mol. The number of fused-ring (bicyclic) bond motifs is 1. The Kier molecular flexibility index (Phi) is 11.9. The summed E-state index contributed by atoms with van der Waals surface area (Å²) >= 11 is 0. The Morgan fingerprint density at radius 3 is 2.32 bits per heavy atom. The van der Waals surface area contributed by atoms with Crippen LogP contribution >= 0.6 is 0 Å². The molecule has 1 aromatic carbocycles. The fourth-order valence-corrected chi connectivity index (χ4v) is 7.45. The molecule has 1 saturated heterocycles. The van der Waals surface area contributed by atoms with E-state index in [0.29, 0.717) is 53.3 Å². The number of likely N-dealkylation sites (N-methyl/N-ethyl adjacent to an activating group) is 1. The minimum atomic E-state index is -4.12. The first kappa shape index (κ1) is 35.8. The number of aromatic amines is 1. The molecule has 0 bridgehead atoms. The Morgan fingerprint density at radius 1 is 1.04 bits per heavy atom. The zero-order valence-electron chi connectivity index (χ0n) is 27.5. The Bertz CT molecular complexity index is 1710. The van der Waals surface area contributed by atoms with Crippen LogP contribution in [0.15, 0.2) is 34.1 Å². The smallest absolute Gasteiger partial charge is 0.475 e. The lowest BCUT2D eigenvalue weighted by molar-refractivity contribution is -0.975. The number of piperazine rings is 1. The SMILES string of the molecule is CCCOc1ccc(S(=O)(=O)N2C[C@@H](CCO[N+](C)=O)N(C)[C@@H](CCO[N+](=O)O)C2)cc1-c1nc2c(CCC)cn(CC)c2c(=O)[nH]1. The van der Waals surface area contributed by atoms with E-state index in [9.17, 15) is 23.0 Å². The van der Waals surface area contributed by atoms with Gasteiger partial charge in [-0.15, -0.1) is 0 Å². The molecule has 1 fully saturated rings. The fraction of sp³-hybridized carbons (Fsp3) is 0.600. The molecule has 4 rings (SSSR count). The number of nitrogens with zero attached hydrogens (tertiary/aromatic N) is 6. The molecule has 3 heterocycles. The Labute approximate surface area is 273 Å². The molecule has 0 unspecified atom stereocenters. The standard InChI is InChI=1S/C30H44N7O9S/c1-6-9-21-18-35(8-3)28-27(21)31-29(32-30(28)38)25-17-24(10-11-26(25)44-14-7-2)47(42,43)36-19-22(12-15-45-34(5)39)33(4)23(20-36)13-16-46-37(40)41/h10-11,17-18,22-23H,6-9,12-16,19-20H2,1-5H3,(H-,31,32,38,40,41)/q+1/p+1/t22-,23+/m1/s1. The number of ether oxygens (including phenoxy) is 1. The summed E-state index contributed by atoms with van der Waals surface area (Å²) in [5.74, 6) is 0.588. The van der Waals surface area contributed by atoms with E-state index in [1.54, 1.807) is 6.07 Å². The number of hydrogen-bond acceptors (Lipinski definition) is 10. The lowest BCUT2D eigenvalue weighted by atomic mass is 10.0. The van der Waals surface area contributed by atoms with Crippen LogP contribution < -0.4 is 10.3 Å². The number of rotatable bonds is 17. The van der Waals surface area contributed by atoms with E-state index >= 15 is 0 Å². The summed E-state index contributed by atoms with van der Waals surface area (Å²) in [6.07, 6.45) is 4.82. The molecular weight excluding hydrogens is 634 g/mol. The number of hydrogen-bond donors (Lipinski definition) is 2. The molecule has 0 radical (unpaired) electrons. The van der Waals surface area contributed by atoms with Crippen molar-refractivity contribution in [2.75, 3.05) is 47.0 Å². The van der Waals surface area contributed by atoms with Gasteiger partial charge in [-0.2, -0.15) is 9.14 Å². The van der Waals surface area contributed by atoms with Gasteiger partial charge in [0.05, 0.1) is 27.5 Å². The van der Waals surface area contributed by atoms with Crippen molar-refractivity contribution in [3.8, 4) is 17.1 Å². The van der Waals surface area contributed by atoms with Crippen LogP contribution in [-0.2, 0) is 32.7 Å². The van der Waals surface area contributed by atoms with Gasteiger partial charge in [-0.25, -0.2) is 23.4 Å². The second-order valence-electron chi connectivity index (χ2n) is 11.5. The number of nitrogens with one attached hydrogen (secondary N) is 1. The minimum Gasteiger partial charge on any atom is -0.493 e. The monoisotopic (exact) mass is 679 g/mol. The molecule has 1 aliphatic heterocycles. The zero-order chi connectivity index (χ0) is 34.3. The third kappa shape index (κ3) is 8.26. The first-order chi connectivity index (χ1) is 22.4. The molecule has 0 amide bonds. The van der Waals surface area contributed by atoms with E-state index in [0.717, 1.165) is 18.4 Å². The lowest BCUT2D eigenvalue weighted by Crippen LogP contribution is -2.58. The van der Waals surface area contributed by atoms with Crippen LogP contribution in [0.1, 0.15) is 52.0 Å². The number of aryl methyl sites for hydroxylation is 2. The maximum absolute atomic E-state index is 14.3. The van der Waals surface area contributed by atoms with Crippen LogP contribution in [0.2, 0.25) is 0 Å². The molecule has 3 aromatic rings. The summed E-state index contributed by atoms with van der Waals surface area (Å²) in [6.45, 7) is 7.01. The van der Waals surface area contributed by atoms with Gasteiger partial charge in [0.15, 0.2) is 13.2 Å². The third-order valence-electron chi connectivity index (χ3n) is 8.32. The summed E-state index contributed by atoms with van der Waals surface area (Å²) < 4.78 is 37.8. The van der Waals surface area contributed by atoms with Crippen molar-refractivity contribution >= 4 is 21.1 Å². The molecule has 2 N–H and O–H groups in total. The van der Waals surface area contributed by atoms with Gasteiger partial charge in [0.1, 0.15) is 22.0 Å². The van der Waals surface area contributed by atoms with Gasteiger partial charge in [0, 0.05) is 50.8 Å². The van der Waals surface area contributed by atoms with Crippen molar-refractivity contribution < 1.29 is 38.0 Å². The predicted octanol–water partition coefficient (Wildman–Crippen LogP) is 3.05. The van der Waals surface area contributed by atoms with Crippen LogP contribution in [0, 0.1) is 9.81 Å². The van der Waals surface area contributed by atoms with E-state index in [1.165, 1.54) is 23.5 Å². The Hall–Kier alpha value is -4.09. The molecule has 2 atom stereocenters. The lowest BCUT2D eigenvalue weighted by Gasteiger charge is -2.44. The van der Waals surface area contributed by atoms with Crippen molar-refractivity contribution in [3.63, 3.8) is 0 Å². The normalized spacial score (nSPS) is 17.6. The van der Waals surface area contributed by atoms with Crippen molar-refractivity contribution in [2.24, 2.45) is 0 Å². The molecule has 17 heteroatoms. The van der Waals surface area contributed by atoms with E-state index in [-0.39, 0.29) is 61.1 Å². The van der Waals surface area contributed by atoms with Crippen LogP contribution in [0.25, 0.3) is 22.4 Å². The molecule has 258 valence electrons. The first-order valence-electron chi connectivity index (χ1n) is 15.8. The molecular formula is C30H45N7O9S+2. The van der Waals surface area contributed by atoms with Gasteiger partial charge in [-0.3, -0.25) is 9.69 Å². The van der Waals surface area contributed by atoms with Crippen LogP contribution in [0.3, 0.4) is 0 Å². The topological polar surface area (TPSA) is 179 Å². The predicted molar refractivity (Wildman–Crippen MR) is 171 cm³/mol. The highest BCUT2D eigenvalue weighted by atomic mass is 32.2. The quantitative estimate of drug-likeness (QED) is 0.200. The molecule has 2 aromatic heterocycles. The summed E-state index contributed by atoms with van der Waals surface area (Å²) in [6, 6.07) is 3.79. The second-order valence-corrected chi connectivity index (χ2v) is 13.5. The Morgan fingerprint density at radius 2 is 1.72 bits per heavy atom. The van der Waals surface area contributed by atoms with E-state index in [4.69, 9.17) is 19.8 Å². The van der Waals surface area contributed by atoms with Gasteiger partial charge in [0.2, 0.25) is 22.0 Å². The fourth-order valence-electron chi connectivity index (χ4n) is 5.91. The largest absolute Gasteiger partial charge is 0.493 e. The maximum atomic E-state index is 14.3. The van der Waals surface area contributed by atoms with E-state index in [1.807, 2.05) is 36.6 Å². The van der Waals surface area contributed by atoms with E-state index < -0.39 is 15.1 Å². The summed E-state index contributed by atoms with van der Waals surface area (Å²) in [4.78, 5) is 55.3. The van der Waals surface area contributed by atoms with Gasteiger partial charge < -0.3 is 14.3 Å². The third-order valence-corrected chi connectivity index (χ3v) is 10.1. The maximum Gasteiger partial charge on any atom is 0.475 e.